The van der Waals surface area contributed by atoms with Crippen LogP contribution < -0.4 is 0 Å². The SMILES string of the molecule is CC[C@H]1C[C@H]2CC[C@@H]1N2C. The minimum atomic E-state index is 0.954. The van der Waals surface area contributed by atoms with E-state index < -0.39 is 0 Å². The van der Waals surface area contributed by atoms with Gasteiger partial charge in [-0.25, -0.2) is 0 Å². The number of hydrogen-bond donors (Lipinski definition) is 0. The van der Waals surface area contributed by atoms with Gasteiger partial charge in [-0.1, -0.05) is 13.3 Å². The summed E-state index contributed by atoms with van der Waals surface area (Å²) in [4.78, 5) is 2.61. The van der Waals surface area contributed by atoms with Gasteiger partial charge in [0.05, 0.1) is 0 Å². The van der Waals surface area contributed by atoms with Crippen LogP contribution >= 0.6 is 0 Å². The van der Waals surface area contributed by atoms with E-state index in [2.05, 4.69) is 18.9 Å². The summed E-state index contributed by atoms with van der Waals surface area (Å²) in [6.07, 6.45) is 5.82. The van der Waals surface area contributed by atoms with Crippen LogP contribution in [-0.4, -0.2) is 24.0 Å². The molecule has 2 rings (SSSR count). The Hall–Kier alpha value is -0.0400. The first-order chi connectivity index (χ1) is 4.83. The van der Waals surface area contributed by atoms with Crippen molar-refractivity contribution in [3.63, 3.8) is 0 Å². The first-order valence-electron chi connectivity index (χ1n) is 4.55. The standard InChI is InChI=1S/C9H17N/c1-3-7-6-8-4-5-9(7)10(8)2/h7-9H,3-6H2,1-2H3/t7-,8+,9-/m0/s1. The van der Waals surface area contributed by atoms with Gasteiger partial charge < -0.3 is 4.90 Å². The topological polar surface area (TPSA) is 3.24 Å². The molecular formula is C9H17N. The zero-order valence-corrected chi connectivity index (χ0v) is 7.01. The Bertz CT molecular complexity index is 133. The molecule has 1 heteroatoms. The maximum absolute atomic E-state index is 2.61. The van der Waals surface area contributed by atoms with Crippen LogP contribution in [0.2, 0.25) is 0 Å². The summed E-state index contributed by atoms with van der Waals surface area (Å²) in [5.74, 6) is 1.03. The molecule has 0 radical (unpaired) electrons. The van der Waals surface area contributed by atoms with Gasteiger partial charge in [0, 0.05) is 12.1 Å². The number of rotatable bonds is 1. The van der Waals surface area contributed by atoms with E-state index in [1.54, 1.807) is 0 Å². The van der Waals surface area contributed by atoms with E-state index in [-0.39, 0.29) is 0 Å². The highest BCUT2D eigenvalue weighted by Gasteiger charge is 2.42. The van der Waals surface area contributed by atoms with Crippen molar-refractivity contribution >= 4 is 0 Å². The first kappa shape index (κ1) is 6.66. The van der Waals surface area contributed by atoms with Crippen molar-refractivity contribution in [1.29, 1.82) is 0 Å². The molecule has 0 aromatic rings. The molecule has 58 valence electrons. The maximum Gasteiger partial charge on any atom is 0.0124 e. The molecule has 0 aromatic carbocycles. The van der Waals surface area contributed by atoms with Crippen LogP contribution in [0.25, 0.3) is 0 Å². The molecule has 10 heavy (non-hydrogen) atoms. The Morgan fingerprint density at radius 2 is 2.20 bits per heavy atom. The van der Waals surface area contributed by atoms with Gasteiger partial charge in [0.2, 0.25) is 0 Å². The highest BCUT2D eigenvalue weighted by atomic mass is 15.2. The lowest BCUT2D eigenvalue weighted by atomic mass is 9.87. The van der Waals surface area contributed by atoms with Crippen molar-refractivity contribution < 1.29 is 0 Å². The van der Waals surface area contributed by atoms with Gasteiger partial charge >= 0.3 is 0 Å². The molecule has 2 bridgehead atoms. The van der Waals surface area contributed by atoms with Gasteiger partial charge in [-0.3, -0.25) is 0 Å². The molecule has 3 atom stereocenters. The summed E-state index contributed by atoms with van der Waals surface area (Å²) in [5.41, 5.74) is 0. The quantitative estimate of drug-likeness (QED) is 0.536. The second-order valence-electron chi connectivity index (χ2n) is 3.87. The summed E-state index contributed by atoms with van der Waals surface area (Å²) >= 11 is 0. The zero-order chi connectivity index (χ0) is 7.14. The van der Waals surface area contributed by atoms with Crippen LogP contribution in [-0.2, 0) is 0 Å². The van der Waals surface area contributed by atoms with Crippen molar-refractivity contribution in [3.8, 4) is 0 Å². The third kappa shape index (κ3) is 0.731. The normalized spacial score (nSPS) is 46.8. The Kier molecular flexibility index (Phi) is 1.48. The fraction of sp³-hybridized carbons (Fsp3) is 1.00. The molecule has 2 heterocycles. The second kappa shape index (κ2) is 2.23. The molecule has 0 aliphatic carbocycles. The minimum absolute atomic E-state index is 0.954. The molecule has 0 N–H and O–H groups in total. The highest BCUT2D eigenvalue weighted by Crippen LogP contribution is 2.41. The third-order valence-electron chi connectivity index (χ3n) is 3.54. The molecule has 0 saturated carbocycles. The minimum Gasteiger partial charge on any atom is -0.300 e. The molecule has 2 aliphatic heterocycles. The number of fused-ring (bicyclic) bond motifs is 2. The predicted octanol–water partition coefficient (Wildman–Crippen LogP) is 1.88. The Balaban J connectivity index is 2.08. The van der Waals surface area contributed by atoms with Gasteiger partial charge in [-0.05, 0) is 32.2 Å². The van der Waals surface area contributed by atoms with E-state index in [0.29, 0.717) is 0 Å². The van der Waals surface area contributed by atoms with E-state index >= 15 is 0 Å². The van der Waals surface area contributed by atoms with Crippen molar-refractivity contribution in [3.05, 3.63) is 0 Å². The molecule has 0 unspecified atom stereocenters. The molecular weight excluding hydrogens is 122 g/mol. The van der Waals surface area contributed by atoms with Gasteiger partial charge in [0.25, 0.3) is 0 Å². The smallest absolute Gasteiger partial charge is 0.0124 e. The molecule has 0 amide bonds. The van der Waals surface area contributed by atoms with Crippen LogP contribution in [0.15, 0.2) is 0 Å². The summed E-state index contributed by atoms with van der Waals surface area (Å²) in [5, 5.41) is 0. The Morgan fingerprint density at radius 1 is 1.40 bits per heavy atom. The van der Waals surface area contributed by atoms with Crippen LogP contribution in [0, 0.1) is 5.92 Å². The zero-order valence-electron chi connectivity index (χ0n) is 7.01. The second-order valence-corrected chi connectivity index (χ2v) is 3.87. The van der Waals surface area contributed by atoms with Crippen molar-refractivity contribution in [2.24, 2.45) is 5.92 Å². The molecule has 1 nitrogen and oxygen atoms in total. The van der Waals surface area contributed by atoms with Crippen LogP contribution in [0.3, 0.4) is 0 Å². The summed E-state index contributed by atoms with van der Waals surface area (Å²) in [6, 6.07) is 1.91. The molecule has 0 spiro atoms. The Morgan fingerprint density at radius 3 is 2.50 bits per heavy atom. The Labute approximate surface area is 63.4 Å². The summed E-state index contributed by atoms with van der Waals surface area (Å²) in [6.45, 7) is 2.33. The lowest BCUT2D eigenvalue weighted by Crippen LogP contribution is -2.25. The fourth-order valence-corrected chi connectivity index (χ4v) is 2.84. The average Bonchev–Trinajstić information content (AvgIpc) is 2.46. The van der Waals surface area contributed by atoms with E-state index in [9.17, 15) is 0 Å². The third-order valence-corrected chi connectivity index (χ3v) is 3.54. The summed E-state index contributed by atoms with van der Waals surface area (Å²) < 4.78 is 0. The molecule has 2 aliphatic rings. The first-order valence-corrected chi connectivity index (χ1v) is 4.55. The summed E-state index contributed by atoms with van der Waals surface area (Å²) in [7, 11) is 2.30. The number of nitrogens with zero attached hydrogens (tertiary/aromatic N) is 1. The van der Waals surface area contributed by atoms with Gasteiger partial charge in [0.1, 0.15) is 0 Å². The highest BCUT2D eigenvalue weighted by molar-refractivity contribution is 4.97. The maximum atomic E-state index is 2.61. The predicted molar refractivity (Wildman–Crippen MR) is 43.0 cm³/mol. The fourth-order valence-electron chi connectivity index (χ4n) is 2.84. The van der Waals surface area contributed by atoms with Crippen LogP contribution in [0.4, 0.5) is 0 Å². The van der Waals surface area contributed by atoms with E-state index in [4.69, 9.17) is 0 Å². The monoisotopic (exact) mass is 139 g/mol. The van der Waals surface area contributed by atoms with Gasteiger partial charge in [-0.15, -0.1) is 0 Å². The van der Waals surface area contributed by atoms with Crippen molar-refractivity contribution in [1.82, 2.24) is 4.90 Å². The molecule has 0 aromatic heterocycles. The van der Waals surface area contributed by atoms with E-state index in [0.717, 1.165) is 18.0 Å². The van der Waals surface area contributed by atoms with Gasteiger partial charge in [-0.2, -0.15) is 0 Å². The van der Waals surface area contributed by atoms with Crippen molar-refractivity contribution in [2.75, 3.05) is 7.05 Å². The van der Waals surface area contributed by atoms with E-state index in [1.165, 1.54) is 25.7 Å². The number of hydrogen-bond acceptors (Lipinski definition) is 1. The lowest BCUT2D eigenvalue weighted by Gasteiger charge is -2.19. The van der Waals surface area contributed by atoms with Crippen LogP contribution in [0.1, 0.15) is 32.6 Å². The largest absolute Gasteiger partial charge is 0.300 e. The van der Waals surface area contributed by atoms with Crippen molar-refractivity contribution in [2.45, 2.75) is 44.7 Å². The van der Waals surface area contributed by atoms with Gasteiger partial charge in [0.15, 0.2) is 0 Å². The lowest BCUT2D eigenvalue weighted by molar-refractivity contribution is 0.286. The van der Waals surface area contributed by atoms with Crippen LogP contribution in [0.5, 0.6) is 0 Å². The molecule has 2 fully saturated rings. The molecule has 2 saturated heterocycles. The van der Waals surface area contributed by atoms with E-state index in [1.807, 2.05) is 0 Å². The average molecular weight is 139 g/mol.